The van der Waals surface area contributed by atoms with Crippen LogP contribution < -0.4 is 14.2 Å². The highest BCUT2D eigenvalue weighted by molar-refractivity contribution is 5.82. The van der Waals surface area contributed by atoms with Crippen LogP contribution in [-0.2, 0) is 6.61 Å². The largest absolute Gasteiger partial charge is 0.493 e. The summed E-state index contributed by atoms with van der Waals surface area (Å²) in [4.78, 5) is 12.0. The van der Waals surface area contributed by atoms with E-state index in [9.17, 15) is 0 Å². The van der Waals surface area contributed by atoms with Crippen molar-refractivity contribution in [3.8, 4) is 23.3 Å². The van der Waals surface area contributed by atoms with E-state index in [1.165, 1.54) is 0 Å². The Hall–Kier alpha value is -4.06. The first kappa shape index (κ1) is 18.0. The van der Waals surface area contributed by atoms with Crippen molar-refractivity contribution in [1.82, 2.24) is 15.0 Å². The first-order valence-electron chi connectivity index (χ1n) is 9.55. The van der Waals surface area contributed by atoms with E-state index in [0.717, 1.165) is 21.9 Å². The number of nitrogens with zero attached hydrogens (tertiary/aromatic N) is 2. The zero-order valence-corrected chi connectivity index (χ0v) is 16.3. The molecule has 0 aliphatic carbocycles. The van der Waals surface area contributed by atoms with Crippen LogP contribution in [-0.4, -0.2) is 22.1 Å². The number of ether oxygens (including phenoxy) is 3. The smallest absolute Gasteiger partial charge is 0.322 e. The monoisotopic (exact) mass is 397 g/mol. The Balaban J connectivity index is 1.43. The van der Waals surface area contributed by atoms with Crippen LogP contribution in [0.3, 0.4) is 0 Å². The van der Waals surface area contributed by atoms with Gasteiger partial charge in [-0.05, 0) is 35.9 Å². The Morgan fingerprint density at radius 2 is 1.80 bits per heavy atom. The molecule has 0 unspecified atom stereocenters. The predicted molar refractivity (Wildman–Crippen MR) is 115 cm³/mol. The molecule has 0 bridgehead atoms. The van der Waals surface area contributed by atoms with Gasteiger partial charge >= 0.3 is 6.01 Å². The molecule has 0 radical (unpaired) electrons. The number of methoxy groups -OCH3 is 1. The third-order valence-corrected chi connectivity index (χ3v) is 4.81. The highest BCUT2D eigenvalue weighted by Crippen LogP contribution is 2.33. The minimum Gasteiger partial charge on any atom is -0.493 e. The van der Waals surface area contributed by atoms with Gasteiger partial charge in [0.05, 0.1) is 12.6 Å². The van der Waals surface area contributed by atoms with E-state index in [-0.39, 0.29) is 6.01 Å². The van der Waals surface area contributed by atoms with Crippen LogP contribution >= 0.6 is 0 Å². The molecule has 148 valence electrons. The Kier molecular flexibility index (Phi) is 4.65. The third-order valence-electron chi connectivity index (χ3n) is 4.81. The van der Waals surface area contributed by atoms with Crippen LogP contribution in [0.1, 0.15) is 5.56 Å². The number of rotatable bonds is 6. The van der Waals surface area contributed by atoms with Crippen molar-refractivity contribution in [3.05, 3.63) is 84.7 Å². The Morgan fingerprint density at radius 1 is 0.900 bits per heavy atom. The normalized spacial score (nSPS) is 11.0. The van der Waals surface area contributed by atoms with Gasteiger partial charge in [-0.3, -0.25) is 0 Å². The molecule has 3 aromatic carbocycles. The molecule has 0 saturated carbocycles. The summed E-state index contributed by atoms with van der Waals surface area (Å²) in [6, 6.07) is 21.8. The van der Waals surface area contributed by atoms with Crippen molar-refractivity contribution in [2.75, 3.05) is 7.11 Å². The fraction of sp³-hybridized carbons (Fsp3) is 0.0833. The van der Waals surface area contributed by atoms with E-state index in [2.05, 4.69) is 15.0 Å². The summed E-state index contributed by atoms with van der Waals surface area (Å²) in [7, 11) is 1.62. The molecule has 5 aromatic rings. The number of H-pyrrole nitrogens is 1. The molecule has 0 fully saturated rings. The molecular formula is C24H19N3O3. The van der Waals surface area contributed by atoms with Crippen molar-refractivity contribution in [1.29, 1.82) is 0 Å². The molecule has 0 atom stereocenters. The van der Waals surface area contributed by atoms with E-state index in [0.29, 0.717) is 29.4 Å². The lowest BCUT2D eigenvalue weighted by atomic mass is 10.2. The lowest BCUT2D eigenvalue weighted by Crippen LogP contribution is -1.99. The first-order chi connectivity index (χ1) is 14.8. The highest BCUT2D eigenvalue weighted by Gasteiger charge is 2.11. The minimum atomic E-state index is 0.275. The molecule has 1 N–H and O–H groups in total. The molecule has 5 rings (SSSR count). The van der Waals surface area contributed by atoms with Gasteiger partial charge < -0.3 is 19.2 Å². The van der Waals surface area contributed by atoms with E-state index >= 15 is 0 Å². The summed E-state index contributed by atoms with van der Waals surface area (Å²) in [6.45, 7) is 0.438. The second-order valence-corrected chi connectivity index (χ2v) is 6.82. The molecule has 0 amide bonds. The van der Waals surface area contributed by atoms with Gasteiger partial charge in [0.1, 0.15) is 12.4 Å². The van der Waals surface area contributed by atoms with Gasteiger partial charge in [-0.25, -0.2) is 4.98 Å². The molecule has 0 aliphatic heterocycles. The average molecular weight is 397 g/mol. The summed E-state index contributed by atoms with van der Waals surface area (Å²) in [5.74, 6) is 1.93. The van der Waals surface area contributed by atoms with E-state index in [1.54, 1.807) is 13.3 Å². The predicted octanol–water partition coefficient (Wildman–Crippen LogP) is 5.49. The maximum atomic E-state index is 5.99. The van der Waals surface area contributed by atoms with Crippen LogP contribution in [0, 0.1) is 0 Å². The summed E-state index contributed by atoms with van der Waals surface area (Å²) in [5.41, 5.74) is 2.84. The van der Waals surface area contributed by atoms with Crippen LogP contribution in [0.2, 0.25) is 0 Å². The summed E-state index contributed by atoms with van der Waals surface area (Å²) in [6.07, 6.45) is 3.61. The van der Waals surface area contributed by atoms with Crippen LogP contribution in [0.25, 0.3) is 21.8 Å². The van der Waals surface area contributed by atoms with E-state index in [1.807, 2.05) is 72.9 Å². The second-order valence-electron chi connectivity index (χ2n) is 6.82. The van der Waals surface area contributed by atoms with Crippen molar-refractivity contribution < 1.29 is 14.2 Å². The highest BCUT2D eigenvalue weighted by atomic mass is 16.5. The van der Waals surface area contributed by atoms with Crippen LogP contribution in [0.4, 0.5) is 0 Å². The molecule has 2 aromatic heterocycles. The number of hydrogen-bond donors (Lipinski definition) is 1. The van der Waals surface area contributed by atoms with E-state index in [4.69, 9.17) is 14.2 Å². The van der Waals surface area contributed by atoms with Gasteiger partial charge in [-0.2, -0.15) is 4.98 Å². The van der Waals surface area contributed by atoms with Gasteiger partial charge in [0.25, 0.3) is 0 Å². The summed E-state index contributed by atoms with van der Waals surface area (Å²) in [5, 5.41) is 1.90. The first-order valence-corrected chi connectivity index (χ1v) is 9.55. The van der Waals surface area contributed by atoms with Crippen LogP contribution in [0.15, 0.2) is 79.1 Å². The number of benzene rings is 3. The number of aromatic nitrogens is 3. The van der Waals surface area contributed by atoms with E-state index < -0.39 is 0 Å². The molecule has 30 heavy (non-hydrogen) atoms. The standard InChI is InChI=1S/C24H19N3O3/c1-28-22-12-18-14-26-24(30-19-7-8-20-17(11-19)9-10-25-20)27-21(18)13-23(22)29-15-16-5-3-2-4-6-16/h2-14,25H,15H2,1H3. The van der Waals surface area contributed by atoms with Crippen molar-refractivity contribution in [3.63, 3.8) is 0 Å². The Bertz CT molecular complexity index is 1320. The molecule has 0 spiro atoms. The maximum Gasteiger partial charge on any atom is 0.322 e. The summed E-state index contributed by atoms with van der Waals surface area (Å²) < 4.78 is 17.4. The quantitative estimate of drug-likeness (QED) is 0.410. The zero-order valence-electron chi connectivity index (χ0n) is 16.3. The molecular weight excluding hydrogens is 378 g/mol. The Morgan fingerprint density at radius 3 is 2.67 bits per heavy atom. The van der Waals surface area contributed by atoms with Gasteiger partial charge in [0, 0.05) is 34.7 Å². The number of aromatic amines is 1. The minimum absolute atomic E-state index is 0.275. The topological polar surface area (TPSA) is 69.3 Å². The fourth-order valence-electron chi connectivity index (χ4n) is 3.28. The molecule has 6 heteroatoms. The Labute approximate surface area is 173 Å². The van der Waals surface area contributed by atoms with Gasteiger partial charge in [0.15, 0.2) is 11.5 Å². The lowest BCUT2D eigenvalue weighted by Gasteiger charge is -2.12. The third kappa shape index (κ3) is 3.63. The maximum absolute atomic E-state index is 5.99. The SMILES string of the molecule is COc1cc2cnc(Oc3ccc4[nH]ccc4c3)nc2cc1OCc1ccccc1. The summed E-state index contributed by atoms with van der Waals surface area (Å²) >= 11 is 0. The van der Waals surface area contributed by atoms with Gasteiger partial charge in [-0.15, -0.1) is 0 Å². The van der Waals surface area contributed by atoms with Gasteiger partial charge in [-0.1, -0.05) is 30.3 Å². The average Bonchev–Trinajstić information content (AvgIpc) is 3.25. The van der Waals surface area contributed by atoms with Crippen molar-refractivity contribution in [2.24, 2.45) is 0 Å². The lowest BCUT2D eigenvalue weighted by molar-refractivity contribution is 0.285. The second kappa shape index (κ2) is 7.75. The van der Waals surface area contributed by atoms with Crippen molar-refractivity contribution in [2.45, 2.75) is 6.61 Å². The van der Waals surface area contributed by atoms with Gasteiger partial charge in [0.2, 0.25) is 0 Å². The number of nitrogens with one attached hydrogen (secondary N) is 1. The fourth-order valence-corrected chi connectivity index (χ4v) is 3.28. The van der Waals surface area contributed by atoms with Crippen molar-refractivity contribution >= 4 is 21.8 Å². The van der Waals surface area contributed by atoms with Crippen LogP contribution in [0.5, 0.6) is 23.3 Å². The molecule has 6 nitrogen and oxygen atoms in total. The molecule has 0 saturated heterocycles. The zero-order chi connectivity index (χ0) is 20.3. The molecule has 2 heterocycles. The molecule has 0 aliphatic rings. The number of hydrogen-bond acceptors (Lipinski definition) is 5. The number of fused-ring (bicyclic) bond motifs is 2.